The largest absolute Gasteiger partial charge is 0.384 e. The fraction of sp³-hybridized carbons (Fsp3) is 0.167. The van der Waals surface area contributed by atoms with Gasteiger partial charge in [0.2, 0.25) is 0 Å². The lowest BCUT2D eigenvalue weighted by atomic mass is 10.1. The third-order valence-corrected chi connectivity index (χ3v) is 3.75. The second kappa shape index (κ2) is 5.92. The Hall–Kier alpha value is -2.42. The van der Waals surface area contributed by atoms with Crippen LogP contribution in [0.15, 0.2) is 32.9 Å². The molecule has 0 radical (unpaired) electrons. The molecular formula is C12H12FN5O2S. The Morgan fingerprint density at radius 3 is 2.90 bits per heavy atom. The summed E-state index contributed by atoms with van der Waals surface area (Å²) in [6.07, 6.45) is 0. The van der Waals surface area contributed by atoms with E-state index in [1.807, 2.05) is 0 Å². The van der Waals surface area contributed by atoms with Gasteiger partial charge in [-0.25, -0.2) is 4.39 Å². The van der Waals surface area contributed by atoms with Crippen molar-refractivity contribution in [1.29, 1.82) is 5.41 Å². The fourth-order valence-electron chi connectivity index (χ4n) is 1.66. The number of rotatable bonds is 4. The highest BCUT2D eigenvalue weighted by Gasteiger charge is 2.10. The molecule has 1 aromatic heterocycles. The van der Waals surface area contributed by atoms with E-state index in [1.165, 1.54) is 34.6 Å². The minimum atomic E-state index is -0.874. The molecule has 0 spiro atoms. The van der Waals surface area contributed by atoms with Crippen LogP contribution < -0.4 is 16.9 Å². The summed E-state index contributed by atoms with van der Waals surface area (Å²) >= 11 is 1.17. The van der Waals surface area contributed by atoms with E-state index in [9.17, 15) is 14.0 Å². The molecule has 0 fully saturated rings. The third-order valence-electron chi connectivity index (χ3n) is 2.67. The molecule has 1 heterocycles. The molecule has 7 nitrogen and oxygen atoms in total. The maximum Gasteiger partial charge on any atom is 0.339 e. The van der Waals surface area contributed by atoms with Crippen molar-refractivity contribution in [1.82, 2.24) is 14.8 Å². The lowest BCUT2D eigenvalue weighted by molar-refractivity contribution is 0.596. The summed E-state index contributed by atoms with van der Waals surface area (Å²) in [5, 5.41) is 10.1. The lowest BCUT2D eigenvalue weighted by Crippen LogP contribution is -2.33. The van der Waals surface area contributed by atoms with Gasteiger partial charge in [0.05, 0.1) is 0 Å². The number of hydrogen-bond acceptors (Lipinski definition) is 5. The topological polar surface area (TPSA) is 118 Å². The number of H-pyrrole nitrogens is 1. The number of thioether (sulfide) groups is 1. The Kier molecular flexibility index (Phi) is 4.22. The molecule has 1 aromatic carbocycles. The highest BCUT2D eigenvalue weighted by Crippen LogP contribution is 2.21. The maximum atomic E-state index is 13.2. The minimum absolute atomic E-state index is 0.242. The second-order valence-electron chi connectivity index (χ2n) is 4.20. The average Bonchev–Trinajstić information content (AvgIpc) is 2.42. The molecule has 4 N–H and O–H groups in total. The van der Waals surface area contributed by atoms with Crippen molar-refractivity contribution >= 4 is 17.6 Å². The smallest absolute Gasteiger partial charge is 0.339 e. The number of amidine groups is 1. The van der Waals surface area contributed by atoms with Crippen LogP contribution in [0.25, 0.3) is 0 Å². The van der Waals surface area contributed by atoms with E-state index in [1.54, 1.807) is 7.05 Å². The highest BCUT2D eigenvalue weighted by atomic mass is 32.2. The molecule has 2 aromatic rings. The first-order chi connectivity index (χ1) is 9.88. The zero-order valence-electron chi connectivity index (χ0n) is 11.0. The van der Waals surface area contributed by atoms with Gasteiger partial charge in [-0.2, -0.15) is 4.98 Å². The predicted octanol–water partition coefficient (Wildman–Crippen LogP) is 0.184. The van der Waals surface area contributed by atoms with Crippen LogP contribution in [-0.2, 0) is 12.8 Å². The zero-order chi connectivity index (χ0) is 15.6. The van der Waals surface area contributed by atoms with Crippen LogP contribution in [0.3, 0.4) is 0 Å². The summed E-state index contributed by atoms with van der Waals surface area (Å²) in [5.41, 5.74) is 4.67. The van der Waals surface area contributed by atoms with Crippen LogP contribution in [0.1, 0.15) is 11.1 Å². The number of nitrogens with one attached hydrogen (secondary N) is 2. The van der Waals surface area contributed by atoms with E-state index in [0.29, 0.717) is 16.5 Å². The molecule has 0 saturated carbocycles. The molecule has 21 heavy (non-hydrogen) atoms. The Morgan fingerprint density at radius 2 is 2.24 bits per heavy atom. The van der Waals surface area contributed by atoms with E-state index >= 15 is 0 Å². The van der Waals surface area contributed by atoms with Crippen molar-refractivity contribution in [2.24, 2.45) is 12.8 Å². The third kappa shape index (κ3) is 3.37. The summed E-state index contributed by atoms with van der Waals surface area (Å²) in [6.45, 7) is 0. The van der Waals surface area contributed by atoms with Gasteiger partial charge in [-0.15, -0.1) is 0 Å². The standard InChI is InChI=1S/C12H12FN5O2S/c1-18-12(16-10(19)11(20)17-18)21-5-6-2-3-7(13)4-8(6)9(14)15/h2-4H,5H2,1H3,(H3,14,15)(H,17,20). The number of nitrogens with zero attached hydrogens (tertiary/aromatic N) is 2. The molecule has 2 rings (SSSR count). The van der Waals surface area contributed by atoms with Gasteiger partial charge in [-0.05, 0) is 17.7 Å². The van der Waals surface area contributed by atoms with Crippen molar-refractivity contribution in [3.63, 3.8) is 0 Å². The minimum Gasteiger partial charge on any atom is -0.384 e. The zero-order valence-corrected chi connectivity index (χ0v) is 11.8. The number of hydrogen-bond donors (Lipinski definition) is 3. The number of aryl methyl sites for hydroxylation is 1. The Labute approximate surface area is 122 Å². The molecule has 0 saturated heterocycles. The summed E-state index contributed by atoms with van der Waals surface area (Å²) in [5.74, 6) is -0.404. The van der Waals surface area contributed by atoms with Gasteiger partial charge in [-0.3, -0.25) is 24.8 Å². The molecule has 0 aliphatic heterocycles. The SMILES string of the molecule is Cn1[nH]c(=O)c(=O)nc1SCc1ccc(F)cc1C(=N)N. The van der Waals surface area contributed by atoms with Crippen LogP contribution in [0.2, 0.25) is 0 Å². The number of benzene rings is 1. The normalized spacial score (nSPS) is 10.6. The van der Waals surface area contributed by atoms with Crippen LogP contribution in [0.4, 0.5) is 4.39 Å². The molecule has 0 atom stereocenters. The van der Waals surface area contributed by atoms with Crippen LogP contribution in [0, 0.1) is 11.2 Å². The maximum absolute atomic E-state index is 13.2. The summed E-state index contributed by atoms with van der Waals surface area (Å²) < 4.78 is 14.5. The highest BCUT2D eigenvalue weighted by molar-refractivity contribution is 7.98. The van der Waals surface area contributed by atoms with Crippen LogP contribution in [0.5, 0.6) is 0 Å². The van der Waals surface area contributed by atoms with Gasteiger partial charge < -0.3 is 5.73 Å². The first-order valence-corrected chi connectivity index (χ1v) is 6.80. The monoisotopic (exact) mass is 309 g/mol. The predicted molar refractivity (Wildman–Crippen MR) is 77.1 cm³/mol. The van der Waals surface area contributed by atoms with Crippen molar-refractivity contribution in [2.75, 3.05) is 0 Å². The summed E-state index contributed by atoms with van der Waals surface area (Å²) in [4.78, 5) is 26.0. The van der Waals surface area contributed by atoms with E-state index in [2.05, 4.69) is 10.1 Å². The Balaban J connectivity index is 2.29. The van der Waals surface area contributed by atoms with E-state index < -0.39 is 16.9 Å². The number of aromatic amines is 1. The number of aromatic nitrogens is 3. The van der Waals surface area contributed by atoms with Gasteiger partial charge in [-0.1, -0.05) is 17.8 Å². The molecule has 0 unspecified atom stereocenters. The molecule has 110 valence electrons. The number of nitrogen functional groups attached to an aromatic ring is 1. The fourth-order valence-corrected chi connectivity index (χ4v) is 2.58. The van der Waals surface area contributed by atoms with Gasteiger partial charge in [0, 0.05) is 18.4 Å². The molecule has 0 amide bonds. The number of nitrogens with two attached hydrogens (primary N) is 1. The Morgan fingerprint density at radius 1 is 1.52 bits per heavy atom. The molecule has 9 heteroatoms. The number of halogens is 1. The summed E-state index contributed by atoms with van der Waals surface area (Å²) in [7, 11) is 1.55. The lowest BCUT2D eigenvalue weighted by Gasteiger charge is -2.09. The quantitative estimate of drug-likeness (QED) is 0.322. The van der Waals surface area contributed by atoms with Gasteiger partial charge in [0.1, 0.15) is 11.7 Å². The molecule has 0 aliphatic rings. The van der Waals surface area contributed by atoms with E-state index in [4.69, 9.17) is 11.1 Å². The van der Waals surface area contributed by atoms with Crippen LogP contribution >= 0.6 is 11.8 Å². The van der Waals surface area contributed by atoms with Crippen molar-refractivity contribution in [2.45, 2.75) is 10.9 Å². The molecule has 0 bridgehead atoms. The molecular weight excluding hydrogens is 297 g/mol. The van der Waals surface area contributed by atoms with Crippen LogP contribution in [-0.4, -0.2) is 20.6 Å². The van der Waals surface area contributed by atoms with Gasteiger partial charge in [0.15, 0.2) is 5.16 Å². The first kappa shape index (κ1) is 15.0. The van der Waals surface area contributed by atoms with Gasteiger partial charge in [0.25, 0.3) is 0 Å². The van der Waals surface area contributed by atoms with Crippen molar-refractivity contribution in [3.05, 3.63) is 55.9 Å². The summed E-state index contributed by atoms with van der Waals surface area (Å²) in [6, 6.07) is 3.96. The van der Waals surface area contributed by atoms with E-state index in [0.717, 1.165) is 0 Å². The van der Waals surface area contributed by atoms with E-state index in [-0.39, 0.29) is 11.4 Å². The first-order valence-electron chi connectivity index (χ1n) is 5.81. The Bertz CT molecular complexity index is 814. The van der Waals surface area contributed by atoms with Gasteiger partial charge >= 0.3 is 11.1 Å². The second-order valence-corrected chi connectivity index (χ2v) is 5.15. The van der Waals surface area contributed by atoms with Crippen molar-refractivity contribution in [3.8, 4) is 0 Å². The van der Waals surface area contributed by atoms with Crippen molar-refractivity contribution < 1.29 is 4.39 Å². The average molecular weight is 309 g/mol. The molecule has 0 aliphatic carbocycles.